The number of methoxy groups -OCH3 is 1. The van der Waals surface area contributed by atoms with E-state index in [0.717, 1.165) is 51.7 Å². The number of ether oxygens (including phenoxy) is 2. The topological polar surface area (TPSA) is 67.8 Å². The van der Waals surface area contributed by atoms with Crippen molar-refractivity contribution in [3.63, 3.8) is 0 Å². The van der Waals surface area contributed by atoms with Gasteiger partial charge in [0.2, 0.25) is 0 Å². The monoisotopic (exact) mass is 454 g/mol. The normalized spacial score (nSPS) is 15.0. The molecule has 1 aliphatic heterocycles. The molecule has 0 N–H and O–H groups in total. The zero-order chi connectivity index (χ0) is 22.9. The Morgan fingerprint density at radius 1 is 1.06 bits per heavy atom. The Morgan fingerprint density at radius 3 is 2.50 bits per heavy atom. The van der Waals surface area contributed by atoms with E-state index >= 15 is 0 Å². The minimum atomic E-state index is -0.497. The van der Waals surface area contributed by atoms with Crippen LogP contribution in [0.5, 0.6) is 5.75 Å². The second kappa shape index (κ2) is 8.94. The molecule has 1 aliphatic rings. The highest BCUT2D eigenvalue weighted by atomic mass is 32.1. The Hall–Kier alpha value is -2.87. The number of hydrogen-bond acceptors (Lipinski definition) is 7. The number of amides is 1. The molecule has 0 bridgehead atoms. The smallest absolute Gasteiger partial charge is 0.410 e. The number of aryl methyl sites for hydroxylation is 1. The summed E-state index contributed by atoms with van der Waals surface area (Å²) in [7, 11) is 1.67. The van der Waals surface area contributed by atoms with E-state index in [2.05, 4.69) is 27.4 Å². The van der Waals surface area contributed by atoms with Crippen LogP contribution in [0.3, 0.4) is 0 Å². The predicted molar refractivity (Wildman–Crippen MR) is 129 cm³/mol. The molecule has 0 aliphatic carbocycles. The van der Waals surface area contributed by atoms with E-state index < -0.39 is 5.60 Å². The molecule has 0 saturated carbocycles. The lowest BCUT2D eigenvalue weighted by Crippen LogP contribution is -2.39. The Balaban J connectivity index is 1.65. The lowest BCUT2D eigenvalue weighted by Gasteiger charge is -2.27. The first-order valence-corrected chi connectivity index (χ1v) is 11.8. The van der Waals surface area contributed by atoms with Gasteiger partial charge in [0.25, 0.3) is 0 Å². The summed E-state index contributed by atoms with van der Waals surface area (Å²) < 4.78 is 10.9. The minimum absolute atomic E-state index is 0.252. The second-order valence-corrected chi connectivity index (χ2v) is 9.82. The number of nitrogens with zero attached hydrogens (tertiary/aromatic N) is 4. The van der Waals surface area contributed by atoms with Gasteiger partial charge in [-0.05, 0) is 51.8 Å². The van der Waals surface area contributed by atoms with Crippen molar-refractivity contribution in [3.8, 4) is 16.9 Å². The number of hydrogen-bond donors (Lipinski definition) is 0. The highest BCUT2D eigenvalue weighted by Gasteiger charge is 2.26. The average molecular weight is 455 g/mol. The first-order valence-electron chi connectivity index (χ1n) is 10.9. The number of rotatable bonds is 3. The van der Waals surface area contributed by atoms with Crippen molar-refractivity contribution in [1.82, 2.24) is 14.9 Å². The van der Waals surface area contributed by atoms with E-state index in [1.165, 1.54) is 0 Å². The standard InChI is InChI=1S/C24H30N4O3S/c1-16-25-21(27-11-6-12-28(14-13-27)23(29)31-24(2,3)4)20-19(15-32-22(20)26-16)17-7-9-18(30-5)10-8-17/h7-10,15H,6,11-14H2,1-5H3. The Bertz CT molecular complexity index is 1100. The van der Waals surface area contributed by atoms with Gasteiger partial charge in [-0.2, -0.15) is 0 Å². The number of carbonyl (C=O) groups excluding carboxylic acids is 1. The number of carbonyl (C=O) groups is 1. The molecule has 2 aromatic heterocycles. The lowest BCUT2D eigenvalue weighted by atomic mass is 10.1. The van der Waals surface area contributed by atoms with Gasteiger partial charge in [0.15, 0.2) is 0 Å². The fraction of sp³-hybridized carbons (Fsp3) is 0.458. The maximum Gasteiger partial charge on any atom is 0.410 e. The molecule has 0 spiro atoms. The van der Waals surface area contributed by atoms with Gasteiger partial charge in [-0.25, -0.2) is 14.8 Å². The van der Waals surface area contributed by atoms with Gasteiger partial charge in [-0.1, -0.05) is 12.1 Å². The fourth-order valence-electron chi connectivity index (χ4n) is 3.88. The molecule has 32 heavy (non-hydrogen) atoms. The van der Waals surface area contributed by atoms with Crippen molar-refractivity contribution in [1.29, 1.82) is 0 Å². The Labute approximate surface area is 193 Å². The van der Waals surface area contributed by atoms with E-state index in [4.69, 9.17) is 14.5 Å². The first-order chi connectivity index (χ1) is 15.2. The SMILES string of the molecule is COc1ccc(-c2csc3nc(C)nc(N4CCCN(C(=O)OC(C)(C)C)CC4)c23)cc1. The summed E-state index contributed by atoms with van der Waals surface area (Å²) in [5.41, 5.74) is 1.73. The molecular formula is C24H30N4O3S. The maximum atomic E-state index is 12.6. The van der Waals surface area contributed by atoms with E-state index in [0.29, 0.717) is 19.6 Å². The Morgan fingerprint density at radius 2 is 1.81 bits per heavy atom. The van der Waals surface area contributed by atoms with Gasteiger partial charge in [0, 0.05) is 37.1 Å². The van der Waals surface area contributed by atoms with Crippen LogP contribution in [-0.4, -0.2) is 59.9 Å². The van der Waals surface area contributed by atoms with Crippen LogP contribution in [0.25, 0.3) is 21.3 Å². The number of anilines is 1. The van der Waals surface area contributed by atoms with Crippen molar-refractivity contribution < 1.29 is 14.3 Å². The first kappa shape index (κ1) is 22.3. The van der Waals surface area contributed by atoms with Crippen LogP contribution in [0.4, 0.5) is 10.6 Å². The number of benzene rings is 1. The highest BCUT2D eigenvalue weighted by Crippen LogP contribution is 2.39. The zero-order valence-corrected chi connectivity index (χ0v) is 20.2. The molecule has 1 fully saturated rings. The van der Waals surface area contributed by atoms with Crippen molar-refractivity contribution in [2.75, 3.05) is 38.2 Å². The summed E-state index contributed by atoms with van der Waals surface area (Å²) in [6.45, 7) is 10.4. The van der Waals surface area contributed by atoms with Gasteiger partial charge >= 0.3 is 6.09 Å². The molecule has 1 aromatic carbocycles. The predicted octanol–water partition coefficient (Wildman–Crippen LogP) is 5.12. The van der Waals surface area contributed by atoms with Crippen LogP contribution in [0.15, 0.2) is 29.6 Å². The summed E-state index contributed by atoms with van der Waals surface area (Å²) in [5.74, 6) is 2.52. The minimum Gasteiger partial charge on any atom is -0.497 e. The Kier molecular flexibility index (Phi) is 6.24. The summed E-state index contributed by atoms with van der Waals surface area (Å²) in [4.78, 5) is 27.2. The number of aromatic nitrogens is 2. The van der Waals surface area contributed by atoms with Crippen LogP contribution < -0.4 is 9.64 Å². The van der Waals surface area contributed by atoms with Gasteiger partial charge in [-0.15, -0.1) is 11.3 Å². The molecule has 4 rings (SSSR count). The van der Waals surface area contributed by atoms with Gasteiger partial charge in [0.05, 0.1) is 12.5 Å². The molecule has 1 saturated heterocycles. The van der Waals surface area contributed by atoms with Crippen LogP contribution in [0, 0.1) is 6.92 Å². The average Bonchev–Trinajstić information content (AvgIpc) is 3.00. The third-order valence-corrected chi connectivity index (χ3v) is 6.25. The molecular weight excluding hydrogens is 424 g/mol. The van der Waals surface area contributed by atoms with Crippen LogP contribution in [0.2, 0.25) is 0 Å². The van der Waals surface area contributed by atoms with Gasteiger partial charge in [0.1, 0.15) is 27.8 Å². The molecule has 0 radical (unpaired) electrons. The summed E-state index contributed by atoms with van der Waals surface area (Å²) in [6.07, 6.45) is 0.601. The molecule has 7 nitrogen and oxygen atoms in total. The molecule has 8 heteroatoms. The largest absolute Gasteiger partial charge is 0.497 e. The third-order valence-electron chi connectivity index (χ3n) is 5.37. The van der Waals surface area contributed by atoms with E-state index in [1.807, 2.05) is 39.8 Å². The van der Waals surface area contributed by atoms with Crippen molar-refractivity contribution in [2.24, 2.45) is 0 Å². The van der Waals surface area contributed by atoms with Crippen molar-refractivity contribution in [3.05, 3.63) is 35.5 Å². The number of thiophene rings is 1. The molecule has 3 aromatic rings. The van der Waals surface area contributed by atoms with Crippen LogP contribution >= 0.6 is 11.3 Å². The van der Waals surface area contributed by atoms with Gasteiger partial charge in [-0.3, -0.25) is 0 Å². The summed E-state index contributed by atoms with van der Waals surface area (Å²) in [6, 6.07) is 8.07. The zero-order valence-electron chi connectivity index (χ0n) is 19.3. The van der Waals surface area contributed by atoms with Crippen LogP contribution in [0.1, 0.15) is 33.0 Å². The lowest BCUT2D eigenvalue weighted by molar-refractivity contribution is 0.0263. The second-order valence-electron chi connectivity index (χ2n) is 8.96. The highest BCUT2D eigenvalue weighted by molar-refractivity contribution is 7.17. The molecule has 0 unspecified atom stereocenters. The summed E-state index contributed by atoms with van der Waals surface area (Å²) >= 11 is 1.63. The molecule has 0 atom stereocenters. The molecule has 1 amide bonds. The van der Waals surface area contributed by atoms with Crippen molar-refractivity contribution >= 4 is 33.5 Å². The van der Waals surface area contributed by atoms with E-state index in [1.54, 1.807) is 23.3 Å². The van der Waals surface area contributed by atoms with Crippen LogP contribution in [-0.2, 0) is 4.74 Å². The number of fused-ring (bicyclic) bond motifs is 1. The van der Waals surface area contributed by atoms with Crippen molar-refractivity contribution in [2.45, 2.75) is 39.7 Å². The van der Waals surface area contributed by atoms with E-state index in [-0.39, 0.29) is 6.09 Å². The summed E-state index contributed by atoms with van der Waals surface area (Å²) in [5, 5.41) is 3.21. The molecule has 170 valence electrons. The van der Waals surface area contributed by atoms with E-state index in [9.17, 15) is 4.79 Å². The quantitative estimate of drug-likeness (QED) is 0.547. The molecule has 3 heterocycles. The fourth-order valence-corrected chi connectivity index (χ4v) is 4.86. The van der Waals surface area contributed by atoms with Gasteiger partial charge < -0.3 is 19.3 Å². The third kappa shape index (κ3) is 4.80. The maximum absolute atomic E-state index is 12.6.